The second kappa shape index (κ2) is 5.32. The lowest BCUT2D eigenvalue weighted by Gasteiger charge is -2.14. The number of hydrogen-bond donors (Lipinski definition) is 2. The van der Waals surface area contributed by atoms with Gasteiger partial charge in [-0.25, -0.2) is 13.2 Å². The second-order valence-corrected chi connectivity index (χ2v) is 4.19. The highest BCUT2D eigenvalue weighted by Gasteiger charge is 2.17. The van der Waals surface area contributed by atoms with E-state index in [4.69, 9.17) is 5.73 Å². The van der Waals surface area contributed by atoms with E-state index in [2.05, 4.69) is 0 Å². The topological polar surface area (TPSA) is 46.2 Å². The predicted octanol–water partition coefficient (Wildman–Crippen LogP) is 2.96. The van der Waals surface area contributed by atoms with E-state index in [-0.39, 0.29) is 23.2 Å². The molecule has 0 aliphatic carbocycles. The molecule has 0 heterocycles. The maximum atomic E-state index is 13.4. The molecule has 0 amide bonds. The van der Waals surface area contributed by atoms with E-state index in [1.165, 1.54) is 12.1 Å². The average Bonchev–Trinajstić information content (AvgIpc) is 2.37. The van der Waals surface area contributed by atoms with Crippen molar-refractivity contribution in [1.29, 1.82) is 0 Å². The quantitative estimate of drug-likeness (QED) is 0.840. The largest absolute Gasteiger partial charge is 0.398 e. The number of benzene rings is 2. The maximum absolute atomic E-state index is 13.4. The van der Waals surface area contributed by atoms with Gasteiger partial charge in [0.25, 0.3) is 0 Å². The summed E-state index contributed by atoms with van der Waals surface area (Å²) in [5.41, 5.74) is 5.64. The molecule has 2 rings (SSSR count). The first kappa shape index (κ1) is 13.4. The molecule has 0 fully saturated rings. The number of halogens is 3. The molecular weight excluding hydrogens is 255 g/mol. The summed E-state index contributed by atoms with van der Waals surface area (Å²) in [6.07, 6.45) is -1.59. The lowest BCUT2D eigenvalue weighted by molar-refractivity contribution is 0.176. The molecule has 5 heteroatoms. The molecule has 0 saturated carbocycles. The number of nitrogen functional groups attached to an aromatic ring is 1. The highest BCUT2D eigenvalue weighted by molar-refractivity contribution is 5.48. The van der Waals surface area contributed by atoms with Crippen molar-refractivity contribution in [1.82, 2.24) is 0 Å². The fourth-order valence-corrected chi connectivity index (χ4v) is 1.86. The zero-order chi connectivity index (χ0) is 14.0. The first-order valence-electron chi connectivity index (χ1n) is 5.65. The molecule has 0 bridgehead atoms. The van der Waals surface area contributed by atoms with Crippen molar-refractivity contribution in [2.75, 3.05) is 5.73 Å². The lowest BCUT2D eigenvalue weighted by atomic mass is 9.99. The van der Waals surface area contributed by atoms with Crippen LogP contribution >= 0.6 is 0 Å². The first-order valence-corrected chi connectivity index (χ1v) is 5.65. The van der Waals surface area contributed by atoms with Gasteiger partial charge in [0.15, 0.2) is 0 Å². The fourth-order valence-electron chi connectivity index (χ4n) is 1.86. The Morgan fingerprint density at radius 3 is 2.32 bits per heavy atom. The van der Waals surface area contributed by atoms with Crippen molar-refractivity contribution in [2.24, 2.45) is 0 Å². The summed E-state index contributed by atoms with van der Waals surface area (Å²) in [5, 5.41) is 9.95. The van der Waals surface area contributed by atoms with E-state index in [9.17, 15) is 18.3 Å². The Hall–Kier alpha value is -2.01. The molecule has 0 aliphatic rings. The Morgan fingerprint density at radius 2 is 1.68 bits per heavy atom. The smallest absolute Gasteiger partial charge is 0.129 e. The minimum atomic E-state index is -1.28. The molecule has 19 heavy (non-hydrogen) atoms. The highest BCUT2D eigenvalue weighted by atomic mass is 19.1. The SMILES string of the molecule is Nc1ccc(F)cc1C(O)Cc1c(F)cccc1F. The number of hydrogen-bond acceptors (Lipinski definition) is 2. The van der Waals surface area contributed by atoms with Crippen LogP contribution in [0, 0.1) is 17.5 Å². The average molecular weight is 267 g/mol. The van der Waals surface area contributed by atoms with Gasteiger partial charge < -0.3 is 10.8 Å². The van der Waals surface area contributed by atoms with E-state index in [1.54, 1.807) is 0 Å². The molecule has 2 aromatic carbocycles. The van der Waals surface area contributed by atoms with Gasteiger partial charge in [-0.3, -0.25) is 0 Å². The monoisotopic (exact) mass is 267 g/mol. The normalized spacial score (nSPS) is 12.4. The van der Waals surface area contributed by atoms with E-state index < -0.39 is 23.6 Å². The van der Waals surface area contributed by atoms with Crippen LogP contribution in [0.25, 0.3) is 0 Å². The summed E-state index contributed by atoms with van der Waals surface area (Å²) in [5.74, 6) is -2.08. The molecule has 100 valence electrons. The number of aliphatic hydroxyl groups excluding tert-OH is 1. The van der Waals surface area contributed by atoms with Crippen LogP contribution in [-0.4, -0.2) is 5.11 Å². The third-order valence-corrected chi connectivity index (χ3v) is 2.87. The van der Waals surface area contributed by atoms with Gasteiger partial charge in [0, 0.05) is 23.2 Å². The van der Waals surface area contributed by atoms with E-state index in [0.29, 0.717) is 0 Å². The van der Waals surface area contributed by atoms with Crippen molar-refractivity contribution < 1.29 is 18.3 Å². The molecule has 1 atom stereocenters. The Kier molecular flexibility index (Phi) is 3.76. The number of anilines is 1. The summed E-state index contributed by atoms with van der Waals surface area (Å²) in [7, 11) is 0. The molecule has 0 aliphatic heterocycles. The summed E-state index contributed by atoms with van der Waals surface area (Å²) in [4.78, 5) is 0. The van der Waals surface area contributed by atoms with Gasteiger partial charge in [-0.05, 0) is 30.3 Å². The van der Waals surface area contributed by atoms with Crippen LogP contribution < -0.4 is 5.73 Å². The van der Waals surface area contributed by atoms with Crippen LogP contribution in [0.4, 0.5) is 18.9 Å². The van der Waals surface area contributed by atoms with E-state index in [0.717, 1.165) is 24.3 Å². The van der Waals surface area contributed by atoms with Gasteiger partial charge in [-0.15, -0.1) is 0 Å². The van der Waals surface area contributed by atoms with E-state index in [1.807, 2.05) is 0 Å². The fraction of sp³-hybridized carbons (Fsp3) is 0.143. The zero-order valence-corrected chi connectivity index (χ0v) is 9.91. The number of aliphatic hydroxyl groups is 1. The van der Waals surface area contributed by atoms with Crippen molar-refractivity contribution >= 4 is 5.69 Å². The molecule has 2 aromatic rings. The number of rotatable bonds is 3. The van der Waals surface area contributed by atoms with Gasteiger partial charge in [0.2, 0.25) is 0 Å². The lowest BCUT2D eigenvalue weighted by Crippen LogP contribution is -2.08. The van der Waals surface area contributed by atoms with Crippen LogP contribution in [0.1, 0.15) is 17.2 Å². The van der Waals surface area contributed by atoms with Gasteiger partial charge in [-0.2, -0.15) is 0 Å². The Balaban J connectivity index is 2.31. The highest BCUT2D eigenvalue weighted by Crippen LogP contribution is 2.26. The Morgan fingerprint density at radius 1 is 1.05 bits per heavy atom. The minimum Gasteiger partial charge on any atom is -0.398 e. The van der Waals surface area contributed by atoms with E-state index >= 15 is 0 Å². The molecule has 1 unspecified atom stereocenters. The van der Waals surface area contributed by atoms with Gasteiger partial charge in [-0.1, -0.05) is 6.07 Å². The Bertz CT molecular complexity index is 581. The molecule has 3 N–H and O–H groups in total. The van der Waals surface area contributed by atoms with Crippen molar-refractivity contribution in [3.05, 3.63) is 65.0 Å². The molecule has 0 spiro atoms. The number of nitrogens with two attached hydrogens (primary N) is 1. The van der Waals surface area contributed by atoms with Crippen molar-refractivity contribution in [3.63, 3.8) is 0 Å². The first-order chi connectivity index (χ1) is 8.99. The standard InChI is InChI=1S/C14H12F3NO/c15-8-4-5-13(18)10(6-8)14(19)7-9-11(16)2-1-3-12(9)17/h1-6,14,19H,7,18H2. The molecule has 0 aromatic heterocycles. The van der Waals surface area contributed by atoms with Crippen molar-refractivity contribution in [2.45, 2.75) is 12.5 Å². The Labute approximate surface area is 108 Å². The summed E-state index contributed by atoms with van der Waals surface area (Å²) < 4.78 is 40.0. The molecule has 2 nitrogen and oxygen atoms in total. The van der Waals surface area contributed by atoms with Crippen LogP contribution in [0.5, 0.6) is 0 Å². The summed E-state index contributed by atoms with van der Waals surface area (Å²) >= 11 is 0. The summed E-state index contributed by atoms with van der Waals surface area (Å²) in [6, 6.07) is 6.93. The van der Waals surface area contributed by atoms with Crippen LogP contribution in [0.2, 0.25) is 0 Å². The molecule has 0 radical (unpaired) electrons. The maximum Gasteiger partial charge on any atom is 0.129 e. The summed E-state index contributed by atoms with van der Waals surface area (Å²) in [6.45, 7) is 0. The minimum absolute atomic E-state index is 0.114. The zero-order valence-electron chi connectivity index (χ0n) is 9.91. The van der Waals surface area contributed by atoms with Gasteiger partial charge in [0.1, 0.15) is 17.5 Å². The third-order valence-electron chi connectivity index (χ3n) is 2.87. The molecule has 0 saturated heterocycles. The predicted molar refractivity (Wildman–Crippen MR) is 65.8 cm³/mol. The van der Waals surface area contributed by atoms with Crippen molar-refractivity contribution in [3.8, 4) is 0 Å². The second-order valence-electron chi connectivity index (χ2n) is 4.19. The molecular formula is C14H12F3NO. The van der Waals surface area contributed by atoms with Gasteiger partial charge in [0.05, 0.1) is 6.10 Å². The van der Waals surface area contributed by atoms with Crippen LogP contribution in [-0.2, 0) is 6.42 Å². The van der Waals surface area contributed by atoms with Crippen LogP contribution in [0.3, 0.4) is 0 Å². The van der Waals surface area contributed by atoms with Gasteiger partial charge >= 0.3 is 0 Å². The third kappa shape index (κ3) is 2.88. The van der Waals surface area contributed by atoms with Crippen LogP contribution in [0.15, 0.2) is 36.4 Å².